The summed E-state index contributed by atoms with van der Waals surface area (Å²) in [7, 11) is 0. The number of hydrogen-bond donors (Lipinski definition) is 1. The summed E-state index contributed by atoms with van der Waals surface area (Å²) >= 11 is 1.66. The van der Waals surface area contributed by atoms with E-state index in [4.69, 9.17) is 4.74 Å². The molecule has 1 saturated heterocycles. The first-order chi connectivity index (χ1) is 20.2. The van der Waals surface area contributed by atoms with Crippen molar-refractivity contribution in [3.8, 4) is 0 Å². The van der Waals surface area contributed by atoms with E-state index in [1.165, 1.54) is 26.9 Å². The highest BCUT2D eigenvalue weighted by Crippen LogP contribution is 2.38. The number of carbonyl (C=O) groups is 1. The van der Waals surface area contributed by atoms with Crippen LogP contribution in [-0.4, -0.2) is 69.6 Å². The Labute approximate surface area is 242 Å². The Morgan fingerprint density at radius 3 is 2.80 bits per heavy atom. The number of nitrogens with zero attached hydrogens (tertiary/aromatic N) is 5. The summed E-state index contributed by atoms with van der Waals surface area (Å²) in [6.45, 7) is 6.28. The second-order valence-electron chi connectivity index (χ2n) is 10.6. The number of aromatic nitrogens is 3. The van der Waals surface area contributed by atoms with Crippen LogP contribution in [-0.2, 0) is 29.0 Å². The Bertz CT molecular complexity index is 1720. The van der Waals surface area contributed by atoms with Gasteiger partial charge in [-0.2, -0.15) is 0 Å². The van der Waals surface area contributed by atoms with E-state index in [-0.39, 0.29) is 5.91 Å². The van der Waals surface area contributed by atoms with Gasteiger partial charge in [0, 0.05) is 66.5 Å². The average Bonchev–Trinajstić information content (AvgIpc) is 3.59. The van der Waals surface area contributed by atoms with Gasteiger partial charge in [0.1, 0.15) is 17.0 Å². The van der Waals surface area contributed by atoms with Crippen molar-refractivity contribution in [2.75, 3.05) is 44.7 Å². The molecule has 3 aromatic heterocycles. The van der Waals surface area contributed by atoms with Crippen LogP contribution in [0.15, 0.2) is 79.3 Å². The number of morpholine rings is 1. The quantitative estimate of drug-likeness (QED) is 0.274. The number of anilines is 2. The zero-order valence-electron chi connectivity index (χ0n) is 22.8. The van der Waals surface area contributed by atoms with Crippen LogP contribution in [0.1, 0.15) is 16.0 Å². The minimum atomic E-state index is 0.0679. The van der Waals surface area contributed by atoms with Gasteiger partial charge in [-0.05, 0) is 41.8 Å². The van der Waals surface area contributed by atoms with Crippen molar-refractivity contribution in [3.63, 3.8) is 0 Å². The van der Waals surface area contributed by atoms with E-state index in [1.54, 1.807) is 23.7 Å². The lowest BCUT2D eigenvalue weighted by Crippen LogP contribution is -2.37. The van der Waals surface area contributed by atoms with Crippen LogP contribution in [0.2, 0.25) is 0 Å². The molecule has 7 rings (SSSR count). The molecular formula is C32H32N6O2S. The Balaban J connectivity index is 1.07. The Hall–Kier alpha value is -4.05. The zero-order chi connectivity index (χ0) is 27.6. The molecule has 2 aliphatic heterocycles. The van der Waals surface area contributed by atoms with Crippen molar-refractivity contribution in [1.82, 2.24) is 24.3 Å². The van der Waals surface area contributed by atoms with Gasteiger partial charge in [0.25, 0.3) is 0 Å². The third-order valence-electron chi connectivity index (χ3n) is 7.91. The average molecular weight is 565 g/mol. The van der Waals surface area contributed by atoms with Crippen LogP contribution >= 0.6 is 11.3 Å². The number of carbonyl (C=O) groups excluding carboxylic acids is 1. The third kappa shape index (κ3) is 5.48. The summed E-state index contributed by atoms with van der Waals surface area (Å²) in [5.41, 5.74) is 4.73. The first-order valence-electron chi connectivity index (χ1n) is 14.1. The number of amides is 1. The molecule has 0 aliphatic carbocycles. The fourth-order valence-corrected chi connectivity index (χ4v) is 6.94. The van der Waals surface area contributed by atoms with Crippen molar-refractivity contribution in [1.29, 1.82) is 0 Å². The highest BCUT2D eigenvalue weighted by molar-refractivity contribution is 7.19. The Morgan fingerprint density at radius 1 is 1.05 bits per heavy atom. The van der Waals surface area contributed by atoms with Gasteiger partial charge < -0.3 is 19.5 Å². The maximum atomic E-state index is 12.9. The first-order valence-corrected chi connectivity index (χ1v) is 14.9. The van der Waals surface area contributed by atoms with E-state index in [0.29, 0.717) is 13.1 Å². The molecule has 1 fully saturated rings. The number of hydrogen-bond acceptors (Lipinski definition) is 7. The zero-order valence-corrected chi connectivity index (χ0v) is 23.6. The summed E-state index contributed by atoms with van der Waals surface area (Å²) < 4.78 is 7.68. The van der Waals surface area contributed by atoms with Crippen LogP contribution < -0.4 is 5.32 Å². The number of rotatable bonds is 7. The second-order valence-corrected chi connectivity index (χ2v) is 11.6. The van der Waals surface area contributed by atoms with Gasteiger partial charge in [-0.25, -0.2) is 9.97 Å². The van der Waals surface area contributed by atoms with Gasteiger partial charge in [-0.15, -0.1) is 11.3 Å². The smallest absolute Gasteiger partial charge is 0.246 e. The van der Waals surface area contributed by atoms with Gasteiger partial charge in [-0.3, -0.25) is 9.69 Å². The summed E-state index contributed by atoms with van der Waals surface area (Å²) in [4.78, 5) is 28.6. The molecule has 0 radical (unpaired) electrons. The van der Waals surface area contributed by atoms with Crippen molar-refractivity contribution < 1.29 is 9.53 Å². The Kier molecular flexibility index (Phi) is 7.22. The van der Waals surface area contributed by atoms with Crippen molar-refractivity contribution in [2.24, 2.45) is 0 Å². The second kappa shape index (κ2) is 11.4. The summed E-state index contributed by atoms with van der Waals surface area (Å²) in [5.74, 6) is 0.888. The number of fused-ring (bicyclic) bond motifs is 4. The van der Waals surface area contributed by atoms with Gasteiger partial charge in [-0.1, -0.05) is 36.4 Å². The Morgan fingerprint density at radius 2 is 1.93 bits per heavy atom. The SMILES string of the molecule is O=C(C=CCN1CCOCC1)N1CCc2c(sc3ncnc(Nc4ccc5c(ccn5Cc5ccccc5)c4)c23)C1. The standard InChI is InChI=1S/C32H32N6O2S/c39-29(7-4-12-36-15-17-40-18-16-36)38-14-11-26-28(21-38)41-32-30(26)31(33-22-34-32)35-25-8-9-27-24(19-25)10-13-37(27)20-23-5-2-1-3-6-23/h1-10,13,19,22H,11-12,14-18,20-21H2,(H,33,34,35). The van der Waals surface area contributed by atoms with Gasteiger partial charge in [0.15, 0.2) is 0 Å². The predicted molar refractivity (Wildman–Crippen MR) is 164 cm³/mol. The molecule has 5 heterocycles. The number of nitrogens with one attached hydrogen (secondary N) is 1. The molecule has 41 heavy (non-hydrogen) atoms. The van der Waals surface area contributed by atoms with Gasteiger partial charge >= 0.3 is 0 Å². The van der Waals surface area contributed by atoms with E-state index < -0.39 is 0 Å². The van der Waals surface area contributed by atoms with Crippen molar-refractivity contribution in [3.05, 3.63) is 95.3 Å². The largest absolute Gasteiger partial charge is 0.379 e. The normalized spacial score (nSPS) is 16.0. The minimum absolute atomic E-state index is 0.0679. The van der Waals surface area contributed by atoms with E-state index in [1.807, 2.05) is 17.0 Å². The molecule has 2 aromatic carbocycles. The molecule has 0 unspecified atom stereocenters. The lowest BCUT2D eigenvalue weighted by molar-refractivity contribution is -0.126. The van der Waals surface area contributed by atoms with Crippen LogP contribution in [0.3, 0.4) is 0 Å². The first kappa shape index (κ1) is 25.9. The maximum absolute atomic E-state index is 12.9. The molecule has 0 spiro atoms. The van der Waals surface area contributed by atoms with E-state index in [0.717, 1.165) is 67.5 Å². The van der Waals surface area contributed by atoms with Gasteiger partial charge in [0.2, 0.25) is 5.91 Å². The lowest BCUT2D eigenvalue weighted by Gasteiger charge is -2.27. The van der Waals surface area contributed by atoms with Gasteiger partial charge in [0.05, 0.1) is 25.1 Å². The van der Waals surface area contributed by atoms with E-state index in [9.17, 15) is 4.79 Å². The molecular weight excluding hydrogens is 532 g/mol. The van der Waals surface area contributed by atoms with E-state index >= 15 is 0 Å². The highest BCUT2D eigenvalue weighted by atomic mass is 32.1. The molecule has 8 nitrogen and oxygen atoms in total. The number of thiophene rings is 1. The van der Waals surface area contributed by atoms with Crippen LogP contribution in [0.25, 0.3) is 21.1 Å². The summed E-state index contributed by atoms with van der Waals surface area (Å²) in [6, 6.07) is 19.1. The number of ether oxygens (including phenoxy) is 1. The van der Waals surface area contributed by atoms with E-state index in [2.05, 4.69) is 79.5 Å². The molecule has 0 atom stereocenters. The molecule has 5 aromatic rings. The lowest BCUT2D eigenvalue weighted by atomic mass is 10.0. The van der Waals surface area contributed by atoms with Crippen LogP contribution in [0.4, 0.5) is 11.5 Å². The fourth-order valence-electron chi connectivity index (χ4n) is 5.74. The highest BCUT2D eigenvalue weighted by Gasteiger charge is 2.25. The maximum Gasteiger partial charge on any atom is 0.246 e. The molecule has 0 saturated carbocycles. The van der Waals surface area contributed by atoms with Crippen molar-refractivity contribution >= 4 is 49.9 Å². The van der Waals surface area contributed by atoms with Crippen LogP contribution in [0, 0.1) is 0 Å². The molecule has 2 aliphatic rings. The third-order valence-corrected chi connectivity index (χ3v) is 9.03. The molecule has 1 amide bonds. The molecule has 0 bridgehead atoms. The molecule has 1 N–H and O–H groups in total. The fraction of sp³-hybridized carbons (Fsp3) is 0.281. The molecule has 208 valence electrons. The predicted octanol–water partition coefficient (Wildman–Crippen LogP) is 5.21. The minimum Gasteiger partial charge on any atom is -0.379 e. The van der Waals surface area contributed by atoms with Crippen LogP contribution in [0.5, 0.6) is 0 Å². The topological polar surface area (TPSA) is 75.5 Å². The summed E-state index contributed by atoms with van der Waals surface area (Å²) in [5, 5.41) is 5.82. The number of benzene rings is 2. The van der Waals surface area contributed by atoms with Crippen molar-refractivity contribution in [2.45, 2.75) is 19.5 Å². The monoisotopic (exact) mass is 564 g/mol. The summed E-state index contributed by atoms with van der Waals surface area (Å²) in [6.07, 6.45) is 8.27. The molecule has 9 heteroatoms.